The molecule has 0 aliphatic carbocycles. The minimum atomic E-state index is -0.726. The van der Waals surface area contributed by atoms with Gasteiger partial charge in [0.05, 0.1) is 11.2 Å². The number of pyridine rings is 1. The van der Waals surface area contributed by atoms with Gasteiger partial charge in [-0.25, -0.2) is 4.98 Å². The Balaban J connectivity index is 2.04. The molecule has 0 radical (unpaired) electrons. The first kappa shape index (κ1) is 13.0. The number of aliphatic hydroxyl groups is 1. The van der Waals surface area contributed by atoms with E-state index in [0.29, 0.717) is 5.69 Å². The molecule has 22 heavy (non-hydrogen) atoms. The van der Waals surface area contributed by atoms with Gasteiger partial charge in [-0.05, 0) is 17.0 Å². The van der Waals surface area contributed by atoms with Crippen molar-refractivity contribution in [2.75, 3.05) is 0 Å². The molecule has 1 heterocycles. The molecule has 1 N–H and O–H groups in total. The monoisotopic (exact) mass is 285 g/mol. The molecule has 0 unspecified atom stereocenters. The Bertz CT molecular complexity index is 947. The molecule has 1 atom stereocenters. The van der Waals surface area contributed by atoms with E-state index < -0.39 is 6.10 Å². The molecule has 0 spiro atoms. The Morgan fingerprint density at radius 1 is 0.636 bits per heavy atom. The molecule has 3 aromatic carbocycles. The van der Waals surface area contributed by atoms with Crippen LogP contribution >= 0.6 is 0 Å². The topological polar surface area (TPSA) is 33.1 Å². The van der Waals surface area contributed by atoms with Crippen molar-refractivity contribution in [1.29, 1.82) is 0 Å². The molecule has 4 aromatic rings. The van der Waals surface area contributed by atoms with Crippen molar-refractivity contribution < 1.29 is 5.11 Å². The van der Waals surface area contributed by atoms with Crippen LogP contribution in [-0.4, -0.2) is 10.1 Å². The maximum absolute atomic E-state index is 10.8. The summed E-state index contributed by atoms with van der Waals surface area (Å²) in [5.74, 6) is 0. The number of rotatable bonds is 2. The van der Waals surface area contributed by atoms with Gasteiger partial charge in [-0.1, -0.05) is 72.8 Å². The third-order valence-electron chi connectivity index (χ3n) is 4.01. The summed E-state index contributed by atoms with van der Waals surface area (Å²) < 4.78 is 0. The number of aromatic nitrogens is 1. The van der Waals surface area contributed by atoms with E-state index in [1.54, 1.807) is 0 Å². The second-order valence-corrected chi connectivity index (χ2v) is 5.37. The molecule has 2 nitrogen and oxygen atoms in total. The van der Waals surface area contributed by atoms with Crippen LogP contribution in [0.2, 0.25) is 0 Å². The Morgan fingerprint density at radius 2 is 1.23 bits per heavy atom. The first-order chi connectivity index (χ1) is 10.8. The van der Waals surface area contributed by atoms with Crippen molar-refractivity contribution in [2.24, 2.45) is 0 Å². The first-order valence-electron chi connectivity index (χ1n) is 7.35. The van der Waals surface area contributed by atoms with Crippen LogP contribution in [0.25, 0.3) is 21.7 Å². The molecule has 0 bridgehead atoms. The lowest BCUT2D eigenvalue weighted by molar-refractivity contribution is 0.217. The predicted molar refractivity (Wildman–Crippen MR) is 89.8 cm³/mol. The number of hydrogen-bond donors (Lipinski definition) is 1. The zero-order valence-electron chi connectivity index (χ0n) is 12.0. The van der Waals surface area contributed by atoms with Crippen molar-refractivity contribution >= 4 is 21.7 Å². The predicted octanol–water partition coefficient (Wildman–Crippen LogP) is 4.47. The van der Waals surface area contributed by atoms with Crippen molar-refractivity contribution in [3.05, 3.63) is 90.1 Å². The Hall–Kier alpha value is -2.71. The van der Waals surface area contributed by atoms with E-state index in [4.69, 9.17) is 4.98 Å². The molecule has 4 rings (SSSR count). The fourth-order valence-electron chi connectivity index (χ4n) is 2.93. The maximum atomic E-state index is 10.8. The van der Waals surface area contributed by atoms with Crippen LogP contribution in [0.1, 0.15) is 17.4 Å². The third-order valence-corrected chi connectivity index (χ3v) is 4.01. The van der Waals surface area contributed by atoms with Crippen LogP contribution in [-0.2, 0) is 0 Å². The van der Waals surface area contributed by atoms with Crippen molar-refractivity contribution in [2.45, 2.75) is 6.10 Å². The summed E-state index contributed by atoms with van der Waals surface area (Å²) in [6, 6.07) is 25.8. The van der Waals surface area contributed by atoms with Gasteiger partial charge in [0.1, 0.15) is 6.10 Å². The fraction of sp³-hybridized carbons (Fsp3) is 0.0500. The highest BCUT2D eigenvalue weighted by atomic mass is 16.3. The summed E-state index contributed by atoms with van der Waals surface area (Å²) in [7, 11) is 0. The lowest BCUT2D eigenvalue weighted by Gasteiger charge is -2.15. The molecular formula is C20H15NO. The normalized spacial score (nSPS) is 12.6. The summed E-state index contributed by atoms with van der Waals surface area (Å²) in [5, 5.41) is 14.0. The number of hydrogen-bond acceptors (Lipinski definition) is 2. The van der Waals surface area contributed by atoms with E-state index in [9.17, 15) is 5.11 Å². The summed E-state index contributed by atoms with van der Waals surface area (Å²) in [5.41, 5.74) is 2.47. The molecule has 106 valence electrons. The summed E-state index contributed by atoms with van der Waals surface area (Å²) in [6.07, 6.45) is -0.726. The van der Waals surface area contributed by atoms with Gasteiger partial charge in [0, 0.05) is 10.8 Å². The van der Waals surface area contributed by atoms with Gasteiger partial charge in [0.15, 0.2) is 0 Å². The number of benzene rings is 3. The molecule has 0 amide bonds. The molecule has 0 aliphatic heterocycles. The van der Waals surface area contributed by atoms with E-state index in [1.165, 1.54) is 0 Å². The van der Waals surface area contributed by atoms with Crippen molar-refractivity contribution in [1.82, 2.24) is 4.98 Å². The lowest BCUT2D eigenvalue weighted by Crippen LogP contribution is -2.03. The van der Waals surface area contributed by atoms with Crippen LogP contribution in [0.5, 0.6) is 0 Å². The quantitative estimate of drug-likeness (QED) is 0.551. The van der Waals surface area contributed by atoms with Gasteiger partial charge in [-0.15, -0.1) is 0 Å². The highest BCUT2D eigenvalue weighted by molar-refractivity contribution is 6.06. The maximum Gasteiger partial charge on any atom is 0.122 e. The van der Waals surface area contributed by atoms with Crippen LogP contribution in [0.3, 0.4) is 0 Å². The zero-order valence-corrected chi connectivity index (χ0v) is 12.0. The lowest BCUT2D eigenvalue weighted by atomic mass is 9.98. The van der Waals surface area contributed by atoms with Gasteiger partial charge in [0.25, 0.3) is 0 Å². The van der Waals surface area contributed by atoms with Crippen molar-refractivity contribution in [3.63, 3.8) is 0 Å². The van der Waals surface area contributed by atoms with E-state index >= 15 is 0 Å². The van der Waals surface area contributed by atoms with Crippen molar-refractivity contribution in [3.8, 4) is 0 Å². The van der Waals surface area contributed by atoms with Crippen LogP contribution in [0.15, 0.2) is 78.9 Å². The molecule has 2 heteroatoms. The largest absolute Gasteiger partial charge is 0.382 e. The van der Waals surface area contributed by atoms with Gasteiger partial charge in [0.2, 0.25) is 0 Å². The molecular weight excluding hydrogens is 270 g/mol. The van der Waals surface area contributed by atoms with E-state index in [2.05, 4.69) is 12.1 Å². The third kappa shape index (κ3) is 2.05. The Labute approximate surface area is 128 Å². The first-order valence-corrected chi connectivity index (χ1v) is 7.35. The number of nitrogens with zero attached hydrogens (tertiary/aromatic N) is 1. The second kappa shape index (κ2) is 5.24. The average Bonchev–Trinajstić information content (AvgIpc) is 2.61. The van der Waals surface area contributed by atoms with E-state index in [1.807, 2.05) is 66.7 Å². The molecule has 0 saturated carbocycles. The summed E-state index contributed by atoms with van der Waals surface area (Å²) in [6.45, 7) is 0. The Kier molecular flexibility index (Phi) is 3.10. The summed E-state index contributed by atoms with van der Waals surface area (Å²) in [4.78, 5) is 4.73. The molecule has 0 saturated heterocycles. The van der Waals surface area contributed by atoms with Crippen LogP contribution in [0, 0.1) is 0 Å². The van der Waals surface area contributed by atoms with Gasteiger partial charge < -0.3 is 5.11 Å². The second-order valence-electron chi connectivity index (χ2n) is 5.37. The van der Waals surface area contributed by atoms with E-state index in [0.717, 1.165) is 27.2 Å². The zero-order chi connectivity index (χ0) is 14.9. The highest BCUT2D eigenvalue weighted by Gasteiger charge is 2.16. The SMILES string of the molecule is O[C@H](c1ccccc1)c1nc2ccccc2c2ccccc12. The minimum Gasteiger partial charge on any atom is -0.382 e. The molecule has 0 aliphatic rings. The average molecular weight is 285 g/mol. The number of para-hydroxylation sites is 1. The smallest absolute Gasteiger partial charge is 0.122 e. The summed E-state index contributed by atoms with van der Waals surface area (Å²) >= 11 is 0. The molecule has 0 fully saturated rings. The fourth-order valence-corrected chi connectivity index (χ4v) is 2.93. The minimum absolute atomic E-state index is 0.709. The number of fused-ring (bicyclic) bond motifs is 3. The van der Waals surface area contributed by atoms with Crippen LogP contribution < -0.4 is 0 Å². The van der Waals surface area contributed by atoms with Gasteiger partial charge >= 0.3 is 0 Å². The van der Waals surface area contributed by atoms with Gasteiger partial charge in [-0.3, -0.25) is 0 Å². The van der Waals surface area contributed by atoms with Crippen LogP contribution in [0.4, 0.5) is 0 Å². The Morgan fingerprint density at radius 3 is 2.00 bits per heavy atom. The molecule has 1 aromatic heterocycles. The standard InChI is InChI=1S/C20H15NO/c22-20(14-8-2-1-3-9-14)19-17-12-5-4-10-15(17)16-11-6-7-13-18(16)21-19/h1-13,20,22H/t20-/m1/s1. The van der Waals surface area contributed by atoms with E-state index in [-0.39, 0.29) is 0 Å². The highest BCUT2D eigenvalue weighted by Crippen LogP contribution is 2.31. The van der Waals surface area contributed by atoms with Gasteiger partial charge in [-0.2, -0.15) is 0 Å². The number of aliphatic hydroxyl groups excluding tert-OH is 1.